The Hall–Kier alpha value is -1.50. The molecule has 0 aromatic heterocycles. The molecule has 1 N–H and O–H groups in total. The van der Waals surface area contributed by atoms with Gasteiger partial charge in [0.05, 0.1) is 18.7 Å². The maximum Gasteiger partial charge on any atom is 0.407 e. The Kier molecular flexibility index (Phi) is 5.73. The zero-order valence-corrected chi connectivity index (χ0v) is 14.6. The summed E-state index contributed by atoms with van der Waals surface area (Å²) in [5, 5.41) is 4.30. The predicted molar refractivity (Wildman–Crippen MR) is 85.8 cm³/mol. The van der Waals surface area contributed by atoms with Crippen LogP contribution in [0.15, 0.2) is 0 Å². The first-order chi connectivity index (χ1) is 10.8. The second-order valence-electron chi connectivity index (χ2n) is 7.22. The highest BCUT2D eigenvalue weighted by Crippen LogP contribution is 2.29. The van der Waals surface area contributed by atoms with Crippen LogP contribution in [0.5, 0.6) is 0 Å². The molecule has 1 unspecified atom stereocenters. The number of nitrogens with one attached hydrogen (secondary N) is 1. The lowest BCUT2D eigenvalue weighted by Crippen LogP contribution is -2.47. The smallest absolute Gasteiger partial charge is 0.407 e. The van der Waals surface area contributed by atoms with Gasteiger partial charge in [0.1, 0.15) is 5.60 Å². The van der Waals surface area contributed by atoms with Crippen LogP contribution in [0.1, 0.15) is 53.4 Å². The quantitative estimate of drug-likeness (QED) is 0.761. The molecule has 0 aromatic rings. The molecule has 23 heavy (non-hydrogen) atoms. The van der Waals surface area contributed by atoms with Crippen LogP contribution in [-0.4, -0.2) is 59.5 Å². The average Bonchev–Trinajstić information content (AvgIpc) is 2.70. The number of ether oxygens (including phenoxy) is 1. The van der Waals surface area contributed by atoms with Gasteiger partial charge in [-0.25, -0.2) is 9.59 Å². The van der Waals surface area contributed by atoms with Crippen molar-refractivity contribution in [3.05, 3.63) is 0 Å². The van der Waals surface area contributed by atoms with Gasteiger partial charge >= 0.3 is 12.1 Å². The number of hydroxylamine groups is 2. The topological polar surface area (TPSA) is 71.1 Å². The highest BCUT2D eigenvalue weighted by molar-refractivity contribution is 5.77. The molecule has 132 valence electrons. The number of hydrogen-bond acceptors (Lipinski definition) is 4. The zero-order valence-electron chi connectivity index (χ0n) is 14.6. The van der Waals surface area contributed by atoms with Crippen molar-refractivity contribution in [2.75, 3.05) is 19.7 Å². The lowest BCUT2D eigenvalue weighted by Gasteiger charge is -2.30. The fourth-order valence-electron chi connectivity index (χ4n) is 2.91. The summed E-state index contributed by atoms with van der Waals surface area (Å²) in [5.74, 6) is 0. The molecule has 2 aliphatic heterocycles. The fourth-order valence-corrected chi connectivity index (χ4v) is 2.91. The summed E-state index contributed by atoms with van der Waals surface area (Å²) in [4.78, 5) is 31.6. The van der Waals surface area contributed by atoms with Crippen LogP contribution in [0.25, 0.3) is 0 Å². The molecule has 0 aromatic carbocycles. The van der Waals surface area contributed by atoms with E-state index in [-0.39, 0.29) is 18.1 Å². The minimum absolute atomic E-state index is 0.00560. The Labute approximate surface area is 138 Å². The minimum atomic E-state index is -0.519. The van der Waals surface area contributed by atoms with Gasteiger partial charge in [-0.1, -0.05) is 13.3 Å². The van der Waals surface area contributed by atoms with Crippen LogP contribution < -0.4 is 5.32 Å². The first-order valence-electron chi connectivity index (χ1n) is 8.51. The first kappa shape index (κ1) is 17.8. The third-order valence-corrected chi connectivity index (χ3v) is 4.06. The van der Waals surface area contributed by atoms with Crippen LogP contribution >= 0.6 is 0 Å². The number of amides is 3. The molecule has 7 nitrogen and oxygen atoms in total. The second kappa shape index (κ2) is 7.38. The van der Waals surface area contributed by atoms with Gasteiger partial charge in [-0.2, -0.15) is 5.06 Å². The Bertz CT molecular complexity index is 436. The van der Waals surface area contributed by atoms with E-state index in [4.69, 9.17) is 9.57 Å². The molecule has 2 aliphatic rings. The van der Waals surface area contributed by atoms with Crippen molar-refractivity contribution in [2.45, 2.75) is 71.1 Å². The Morgan fingerprint density at radius 2 is 2.09 bits per heavy atom. The van der Waals surface area contributed by atoms with Crippen molar-refractivity contribution >= 4 is 12.1 Å². The Morgan fingerprint density at radius 3 is 2.74 bits per heavy atom. The highest BCUT2D eigenvalue weighted by atomic mass is 16.7. The number of carbonyl (C=O) groups is 2. The number of urea groups is 1. The van der Waals surface area contributed by atoms with Crippen LogP contribution in [0.4, 0.5) is 9.59 Å². The molecule has 2 bridgehead atoms. The van der Waals surface area contributed by atoms with Crippen molar-refractivity contribution in [1.82, 2.24) is 15.3 Å². The molecular weight excluding hydrogens is 298 g/mol. The Morgan fingerprint density at radius 1 is 1.35 bits per heavy atom. The monoisotopic (exact) mass is 327 g/mol. The van der Waals surface area contributed by atoms with Gasteiger partial charge in [0.15, 0.2) is 0 Å². The SMILES string of the molecule is CCCCON1C(=O)N2CC1CC[C@H]2CNC(=O)OC(C)(C)C. The van der Waals surface area contributed by atoms with Gasteiger partial charge in [0, 0.05) is 13.1 Å². The molecule has 2 rings (SSSR count). The van der Waals surface area contributed by atoms with E-state index in [1.54, 1.807) is 4.90 Å². The number of alkyl carbamates (subject to hydrolysis) is 1. The van der Waals surface area contributed by atoms with Crippen LogP contribution in [0.2, 0.25) is 0 Å². The van der Waals surface area contributed by atoms with E-state index >= 15 is 0 Å². The number of rotatable bonds is 6. The summed E-state index contributed by atoms with van der Waals surface area (Å²) in [6, 6.07) is 0.0581. The van der Waals surface area contributed by atoms with Gasteiger partial charge in [-0.05, 0) is 40.0 Å². The number of piperidine rings is 1. The van der Waals surface area contributed by atoms with E-state index < -0.39 is 11.7 Å². The third kappa shape index (κ3) is 4.73. The minimum Gasteiger partial charge on any atom is -0.444 e. The average molecular weight is 327 g/mol. The number of carbonyl (C=O) groups excluding carboxylic acids is 2. The van der Waals surface area contributed by atoms with Crippen LogP contribution in [0, 0.1) is 0 Å². The fraction of sp³-hybridized carbons (Fsp3) is 0.875. The van der Waals surface area contributed by atoms with E-state index in [0.29, 0.717) is 19.7 Å². The van der Waals surface area contributed by atoms with Crippen molar-refractivity contribution in [1.29, 1.82) is 0 Å². The van der Waals surface area contributed by atoms with Crippen molar-refractivity contribution < 1.29 is 19.2 Å². The van der Waals surface area contributed by atoms with E-state index in [1.807, 2.05) is 20.8 Å². The van der Waals surface area contributed by atoms with E-state index in [0.717, 1.165) is 25.7 Å². The van der Waals surface area contributed by atoms with E-state index in [2.05, 4.69) is 12.2 Å². The predicted octanol–water partition coefficient (Wildman–Crippen LogP) is 2.51. The highest BCUT2D eigenvalue weighted by Gasteiger charge is 2.45. The van der Waals surface area contributed by atoms with Gasteiger partial charge < -0.3 is 15.0 Å². The molecule has 0 radical (unpaired) electrons. The van der Waals surface area contributed by atoms with Gasteiger partial charge in [-0.3, -0.25) is 4.84 Å². The summed E-state index contributed by atoms with van der Waals surface area (Å²) >= 11 is 0. The molecule has 2 fully saturated rings. The number of nitrogens with zero attached hydrogens (tertiary/aromatic N) is 2. The standard InChI is InChI=1S/C16H29N3O4/c1-5-6-9-22-19-13-8-7-12(18(11-13)15(19)21)10-17-14(20)23-16(2,3)4/h12-13H,5-11H2,1-4H3,(H,17,20)/t12-,13?/m0/s1. The summed E-state index contributed by atoms with van der Waals surface area (Å²) in [6.45, 7) is 9.23. The molecule has 7 heteroatoms. The van der Waals surface area contributed by atoms with E-state index in [9.17, 15) is 9.59 Å². The maximum absolute atomic E-state index is 12.4. The van der Waals surface area contributed by atoms with Crippen molar-refractivity contribution in [3.8, 4) is 0 Å². The van der Waals surface area contributed by atoms with E-state index in [1.165, 1.54) is 5.06 Å². The molecule has 3 amide bonds. The summed E-state index contributed by atoms with van der Waals surface area (Å²) in [7, 11) is 0. The van der Waals surface area contributed by atoms with Crippen molar-refractivity contribution in [2.24, 2.45) is 0 Å². The lowest BCUT2D eigenvalue weighted by molar-refractivity contribution is -0.130. The molecular formula is C16H29N3O4. The number of fused-ring (bicyclic) bond motifs is 2. The molecule has 2 saturated heterocycles. The van der Waals surface area contributed by atoms with Gasteiger partial charge in [-0.15, -0.1) is 0 Å². The summed E-state index contributed by atoms with van der Waals surface area (Å²) in [6.07, 6.45) is 3.30. The normalized spacial score (nSPS) is 24.1. The zero-order chi connectivity index (χ0) is 17.0. The number of hydrogen-bond donors (Lipinski definition) is 1. The van der Waals surface area contributed by atoms with Gasteiger partial charge in [0.2, 0.25) is 0 Å². The molecule has 0 spiro atoms. The number of unbranched alkanes of at least 4 members (excludes halogenated alkanes) is 1. The largest absolute Gasteiger partial charge is 0.444 e. The van der Waals surface area contributed by atoms with Gasteiger partial charge in [0.25, 0.3) is 0 Å². The third-order valence-electron chi connectivity index (χ3n) is 4.06. The molecule has 0 saturated carbocycles. The second-order valence-corrected chi connectivity index (χ2v) is 7.22. The molecule has 0 aliphatic carbocycles. The Balaban J connectivity index is 1.83. The van der Waals surface area contributed by atoms with Crippen LogP contribution in [-0.2, 0) is 9.57 Å². The molecule has 2 heterocycles. The maximum atomic E-state index is 12.4. The van der Waals surface area contributed by atoms with Crippen LogP contribution in [0.3, 0.4) is 0 Å². The summed E-state index contributed by atoms with van der Waals surface area (Å²) < 4.78 is 5.23. The van der Waals surface area contributed by atoms with Crippen molar-refractivity contribution in [3.63, 3.8) is 0 Å². The molecule has 2 atom stereocenters. The lowest BCUT2D eigenvalue weighted by atomic mass is 10.0. The summed E-state index contributed by atoms with van der Waals surface area (Å²) in [5.41, 5.74) is -0.519. The first-order valence-corrected chi connectivity index (χ1v) is 8.51.